The van der Waals surface area contributed by atoms with Gasteiger partial charge in [-0.25, -0.2) is 4.79 Å². The molecule has 1 aromatic heterocycles. The van der Waals surface area contributed by atoms with Gasteiger partial charge in [-0.05, 0) is 51.3 Å². The van der Waals surface area contributed by atoms with Crippen molar-refractivity contribution in [3.05, 3.63) is 30.5 Å². The Morgan fingerprint density at radius 3 is 2.66 bits per heavy atom. The fourth-order valence-corrected chi connectivity index (χ4v) is 3.57. The molecule has 11 nitrogen and oxygen atoms in total. The number of nitrogens with two attached hydrogens (primary N) is 2. The van der Waals surface area contributed by atoms with Crippen molar-refractivity contribution in [2.75, 3.05) is 25.5 Å². The van der Waals surface area contributed by atoms with Gasteiger partial charge < -0.3 is 37.3 Å². The van der Waals surface area contributed by atoms with Crippen molar-refractivity contribution in [3.63, 3.8) is 0 Å². The predicted molar refractivity (Wildman–Crippen MR) is 134 cm³/mol. The van der Waals surface area contributed by atoms with Gasteiger partial charge in [-0.1, -0.05) is 6.07 Å². The Morgan fingerprint density at radius 2 is 1.97 bits per heavy atom. The summed E-state index contributed by atoms with van der Waals surface area (Å²) in [4.78, 5) is 40.2. The molecular formula is C24H36N6O5. The number of aliphatic carboxylic acids is 1. The molecule has 11 heteroatoms. The van der Waals surface area contributed by atoms with Crippen LogP contribution in [-0.4, -0.2) is 66.2 Å². The summed E-state index contributed by atoms with van der Waals surface area (Å²) >= 11 is 0. The number of anilines is 1. The second-order valence-corrected chi connectivity index (χ2v) is 8.43. The Labute approximate surface area is 205 Å². The lowest BCUT2D eigenvalue weighted by Crippen LogP contribution is -2.50. The molecule has 0 aliphatic heterocycles. The average Bonchev–Trinajstić information content (AvgIpc) is 2.84. The number of rotatable bonds is 15. The van der Waals surface area contributed by atoms with Crippen molar-refractivity contribution in [2.45, 2.75) is 57.2 Å². The molecule has 0 radical (unpaired) electrons. The molecule has 192 valence electrons. The second-order valence-electron chi connectivity index (χ2n) is 8.43. The van der Waals surface area contributed by atoms with E-state index < -0.39 is 29.9 Å². The van der Waals surface area contributed by atoms with Crippen molar-refractivity contribution in [2.24, 2.45) is 11.5 Å². The lowest BCUT2D eigenvalue weighted by molar-refractivity contribution is -0.143. The zero-order valence-electron chi connectivity index (χ0n) is 20.3. The van der Waals surface area contributed by atoms with E-state index >= 15 is 0 Å². The first-order valence-electron chi connectivity index (χ1n) is 11.7. The summed E-state index contributed by atoms with van der Waals surface area (Å²) in [5, 5.41) is 18.8. The molecule has 35 heavy (non-hydrogen) atoms. The van der Waals surface area contributed by atoms with E-state index in [1.165, 1.54) is 0 Å². The Balaban J connectivity index is 1.79. The van der Waals surface area contributed by atoms with Gasteiger partial charge in [0.2, 0.25) is 11.8 Å². The number of nitrogens with one attached hydrogen (secondary N) is 3. The molecule has 0 spiro atoms. The second kappa shape index (κ2) is 14.1. The van der Waals surface area contributed by atoms with Crippen LogP contribution in [0.1, 0.15) is 39.0 Å². The summed E-state index contributed by atoms with van der Waals surface area (Å²) in [5.41, 5.74) is 12.8. The van der Waals surface area contributed by atoms with Gasteiger partial charge in [-0.15, -0.1) is 0 Å². The average molecular weight is 489 g/mol. The highest BCUT2D eigenvalue weighted by atomic mass is 16.5. The number of aromatic nitrogens is 1. The summed E-state index contributed by atoms with van der Waals surface area (Å²) in [5.74, 6) is -1.64. The van der Waals surface area contributed by atoms with Crippen molar-refractivity contribution >= 4 is 34.4 Å². The zero-order chi connectivity index (χ0) is 25.8. The van der Waals surface area contributed by atoms with Crippen LogP contribution in [0.15, 0.2) is 30.5 Å². The first-order valence-corrected chi connectivity index (χ1v) is 11.7. The van der Waals surface area contributed by atoms with E-state index in [0.717, 1.165) is 28.8 Å². The molecule has 2 amide bonds. The van der Waals surface area contributed by atoms with Crippen molar-refractivity contribution < 1.29 is 24.2 Å². The highest BCUT2D eigenvalue weighted by Gasteiger charge is 2.25. The van der Waals surface area contributed by atoms with E-state index in [9.17, 15) is 19.5 Å². The molecule has 0 fully saturated rings. The minimum atomic E-state index is -1.35. The van der Waals surface area contributed by atoms with Gasteiger partial charge in [0, 0.05) is 30.2 Å². The number of hydrogen-bond acceptors (Lipinski definition) is 8. The number of methoxy groups -OCH3 is 1. The number of ether oxygens (including phenoxy) is 1. The predicted octanol–water partition coefficient (Wildman–Crippen LogP) is 0.966. The highest BCUT2D eigenvalue weighted by molar-refractivity contribution is 5.92. The summed E-state index contributed by atoms with van der Waals surface area (Å²) in [6.07, 6.45) is 3.67. The molecule has 1 heterocycles. The molecule has 2 aromatic rings. The maximum atomic E-state index is 12.2. The van der Waals surface area contributed by atoms with Crippen molar-refractivity contribution in [3.8, 4) is 5.75 Å². The SMILES string of the molecule is COc1cc(NC(C)CCCNC(=O)C[C@@H](NC(=O)[C@@H](N)CCCN)C(=O)O)c2ncccc2c1. The fraction of sp³-hybridized carbons (Fsp3) is 0.500. The Hall–Kier alpha value is -3.44. The van der Waals surface area contributed by atoms with Crippen LogP contribution in [0, 0.1) is 0 Å². The number of fused-ring (bicyclic) bond motifs is 1. The summed E-state index contributed by atoms with van der Waals surface area (Å²) in [6.45, 7) is 2.78. The number of benzene rings is 1. The standard InChI is InChI=1S/C24H36N6O5/c1-15(29-19-13-17(35-2)12-16-7-5-11-28-22(16)19)6-4-10-27-21(31)14-20(24(33)34)30-23(32)18(26)8-3-9-25/h5,7,11-13,15,18,20,29H,3-4,6,8-10,14,25-26H2,1-2H3,(H,27,31)(H,30,32)(H,33,34)/t15?,18-,20+/m0/s1. The fourth-order valence-electron chi connectivity index (χ4n) is 3.57. The highest BCUT2D eigenvalue weighted by Crippen LogP contribution is 2.28. The van der Waals surface area contributed by atoms with Gasteiger partial charge in [0.1, 0.15) is 11.8 Å². The van der Waals surface area contributed by atoms with Crippen LogP contribution < -0.4 is 32.2 Å². The van der Waals surface area contributed by atoms with Gasteiger partial charge in [0.05, 0.1) is 30.8 Å². The van der Waals surface area contributed by atoms with E-state index in [1.807, 2.05) is 31.2 Å². The number of carbonyl (C=O) groups excluding carboxylic acids is 2. The number of carboxylic acids is 1. The van der Waals surface area contributed by atoms with Crippen LogP contribution in [0.2, 0.25) is 0 Å². The van der Waals surface area contributed by atoms with Crippen LogP contribution in [0.25, 0.3) is 10.9 Å². The quantitative estimate of drug-likeness (QED) is 0.199. The minimum Gasteiger partial charge on any atom is -0.497 e. The number of hydrogen-bond donors (Lipinski definition) is 6. The molecule has 0 saturated heterocycles. The number of amides is 2. The summed E-state index contributed by atoms with van der Waals surface area (Å²) in [7, 11) is 1.62. The Bertz CT molecular complexity index is 1000. The van der Waals surface area contributed by atoms with Crippen LogP contribution in [0.4, 0.5) is 5.69 Å². The van der Waals surface area contributed by atoms with Gasteiger partial charge in [0.25, 0.3) is 0 Å². The lowest BCUT2D eigenvalue weighted by Gasteiger charge is -2.18. The largest absolute Gasteiger partial charge is 0.497 e. The van der Waals surface area contributed by atoms with E-state index in [4.69, 9.17) is 16.2 Å². The van der Waals surface area contributed by atoms with Crippen molar-refractivity contribution in [1.29, 1.82) is 0 Å². The van der Waals surface area contributed by atoms with E-state index in [-0.39, 0.29) is 12.5 Å². The van der Waals surface area contributed by atoms with Crippen LogP contribution in [0.3, 0.4) is 0 Å². The molecule has 8 N–H and O–H groups in total. The third-order valence-corrected chi connectivity index (χ3v) is 5.51. The topological polar surface area (TPSA) is 182 Å². The van der Waals surface area contributed by atoms with Crippen molar-refractivity contribution in [1.82, 2.24) is 15.6 Å². The van der Waals surface area contributed by atoms with Gasteiger partial charge in [-0.3, -0.25) is 14.6 Å². The molecule has 0 aliphatic rings. The molecule has 0 saturated carbocycles. The minimum absolute atomic E-state index is 0.0882. The Morgan fingerprint density at radius 1 is 1.20 bits per heavy atom. The van der Waals surface area contributed by atoms with Gasteiger partial charge in [-0.2, -0.15) is 0 Å². The normalized spacial score (nSPS) is 13.5. The zero-order valence-corrected chi connectivity index (χ0v) is 20.3. The summed E-state index contributed by atoms with van der Waals surface area (Å²) < 4.78 is 5.38. The third-order valence-electron chi connectivity index (χ3n) is 5.51. The number of carboxylic acid groups (broad SMARTS) is 1. The van der Waals surface area contributed by atoms with Crippen LogP contribution >= 0.6 is 0 Å². The maximum absolute atomic E-state index is 12.2. The number of nitrogens with zero attached hydrogens (tertiary/aromatic N) is 1. The molecule has 2 rings (SSSR count). The summed E-state index contributed by atoms with van der Waals surface area (Å²) in [6, 6.07) is 5.54. The molecule has 0 aliphatic carbocycles. The maximum Gasteiger partial charge on any atom is 0.326 e. The first-order chi connectivity index (χ1) is 16.7. The smallest absolute Gasteiger partial charge is 0.326 e. The van der Waals surface area contributed by atoms with Crippen LogP contribution in [-0.2, 0) is 14.4 Å². The molecule has 1 aromatic carbocycles. The number of pyridine rings is 1. The molecular weight excluding hydrogens is 452 g/mol. The number of carbonyl (C=O) groups is 3. The molecule has 0 bridgehead atoms. The molecule has 3 atom stereocenters. The van der Waals surface area contributed by atoms with Gasteiger partial charge in [0.15, 0.2) is 0 Å². The monoisotopic (exact) mass is 488 g/mol. The van der Waals surface area contributed by atoms with E-state index in [2.05, 4.69) is 20.9 Å². The van der Waals surface area contributed by atoms with E-state index in [1.54, 1.807) is 13.3 Å². The first kappa shape index (κ1) is 27.8. The van der Waals surface area contributed by atoms with E-state index in [0.29, 0.717) is 32.4 Å². The Kier molecular flexibility index (Phi) is 11.2. The van der Waals surface area contributed by atoms with Gasteiger partial charge >= 0.3 is 5.97 Å². The third kappa shape index (κ3) is 9.02. The molecule has 1 unspecified atom stereocenters. The van der Waals surface area contributed by atoms with Crippen LogP contribution in [0.5, 0.6) is 5.75 Å². The lowest BCUT2D eigenvalue weighted by atomic mass is 10.1.